The van der Waals surface area contributed by atoms with E-state index in [4.69, 9.17) is 37.0 Å². The molecule has 0 bridgehead atoms. The molecule has 0 spiro atoms. The van der Waals surface area contributed by atoms with Gasteiger partial charge in [-0.2, -0.15) is 0 Å². The molecule has 0 rings (SSSR count). The van der Waals surface area contributed by atoms with E-state index in [1.54, 1.807) is 0 Å². The third kappa shape index (κ3) is 63.2. The number of esters is 4. The fraction of sp³-hybridized carbons (Fsp3) is 0.943. The van der Waals surface area contributed by atoms with Crippen molar-refractivity contribution < 1.29 is 80.2 Å². The Balaban J connectivity index is 5.21. The normalized spacial score (nSPS) is 14.4. The third-order valence-electron chi connectivity index (χ3n) is 16.6. The van der Waals surface area contributed by atoms with Gasteiger partial charge in [-0.3, -0.25) is 37.3 Å². The highest BCUT2D eigenvalue weighted by Crippen LogP contribution is 2.45. The van der Waals surface area contributed by atoms with Gasteiger partial charge in [0.1, 0.15) is 19.3 Å². The van der Waals surface area contributed by atoms with E-state index in [9.17, 15) is 43.2 Å². The molecule has 528 valence electrons. The van der Waals surface area contributed by atoms with E-state index in [1.807, 2.05) is 0 Å². The highest BCUT2D eigenvalue weighted by molar-refractivity contribution is 7.47. The van der Waals surface area contributed by atoms with Crippen LogP contribution in [0.4, 0.5) is 0 Å². The zero-order valence-corrected chi connectivity index (χ0v) is 59.4. The van der Waals surface area contributed by atoms with Gasteiger partial charge in [0.05, 0.1) is 26.4 Å². The molecular weight excluding hydrogens is 1170 g/mol. The summed E-state index contributed by atoms with van der Waals surface area (Å²) in [6.45, 7) is 7.21. The number of carbonyl (C=O) groups excluding carboxylic acids is 4. The molecule has 0 saturated heterocycles. The first-order chi connectivity index (χ1) is 43.1. The van der Waals surface area contributed by atoms with E-state index in [1.165, 1.54) is 173 Å². The summed E-state index contributed by atoms with van der Waals surface area (Å²) < 4.78 is 68.2. The van der Waals surface area contributed by atoms with Crippen LogP contribution in [0.15, 0.2) is 0 Å². The summed E-state index contributed by atoms with van der Waals surface area (Å²) >= 11 is 0. The summed E-state index contributed by atoms with van der Waals surface area (Å²) in [4.78, 5) is 72.4. The molecule has 0 radical (unpaired) electrons. The molecule has 0 aliphatic heterocycles. The molecule has 0 aromatic heterocycles. The van der Waals surface area contributed by atoms with Gasteiger partial charge in [-0.1, -0.05) is 311 Å². The van der Waals surface area contributed by atoms with Crippen molar-refractivity contribution in [2.75, 3.05) is 39.6 Å². The zero-order valence-electron chi connectivity index (χ0n) is 57.6. The fourth-order valence-electron chi connectivity index (χ4n) is 10.6. The second-order valence-electron chi connectivity index (χ2n) is 25.5. The summed E-state index contributed by atoms with van der Waals surface area (Å²) in [6, 6.07) is 0. The monoisotopic (exact) mass is 1310 g/mol. The Morgan fingerprint density at radius 1 is 0.315 bits per heavy atom. The van der Waals surface area contributed by atoms with Gasteiger partial charge in [-0.15, -0.1) is 0 Å². The summed E-state index contributed by atoms with van der Waals surface area (Å²) in [6.07, 6.45) is 50.0. The second-order valence-corrected chi connectivity index (χ2v) is 28.4. The lowest BCUT2D eigenvalue weighted by atomic mass is 9.99. The molecule has 3 unspecified atom stereocenters. The van der Waals surface area contributed by atoms with Crippen molar-refractivity contribution in [3.05, 3.63) is 0 Å². The maximum Gasteiger partial charge on any atom is 0.472 e. The molecule has 0 amide bonds. The maximum absolute atomic E-state index is 13.0. The van der Waals surface area contributed by atoms with Crippen LogP contribution >= 0.6 is 15.6 Å². The average molecular weight is 1310 g/mol. The first kappa shape index (κ1) is 87.1. The van der Waals surface area contributed by atoms with Crippen molar-refractivity contribution in [2.24, 2.45) is 5.92 Å². The minimum Gasteiger partial charge on any atom is -0.462 e. The Bertz CT molecular complexity index is 1720. The Morgan fingerprint density at radius 3 is 0.798 bits per heavy atom. The molecule has 6 atom stereocenters. The van der Waals surface area contributed by atoms with Gasteiger partial charge in [-0.25, -0.2) is 9.13 Å². The van der Waals surface area contributed by atoms with Gasteiger partial charge in [0.2, 0.25) is 0 Å². The van der Waals surface area contributed by atoms with Crippen molar-refractivity contribution >= 4 is 39.5 Å². The predicted molar refractivity (Wildman–Crippen MR) is 358 cm³/mol. The van der Waals surface area contributed by atoms with Crippen molar-refractivity contribution in [1.82, 2.24) is 0 Å². The fourth-order valence-corrected chi connectivity index (χ4v) is 12.2. The number of ether oxygens (including phenoxy) is 4. The zero-order chi connectivity index (χ0) is 65.6. The lowest BCUT2D eigenvalue weighted by Crippen LogP contribution is -2.30. The number of aliphatic hydroxyl groups is 1. The van der Waals surface area contributed by atoms with Gasteiger partial charge in [-0.05, 0) is 31.6 Å². The van der Waals surface area contributed by atoms with E-state index in [-0.39, 0.29) is 25.7 Å². The van der Waals surface area contributed by atoms with Crippen molar-refractivity contribution in [3.8, 4) is 0 Å². The number of carbonyl (C=O) groups is 4. The summed E-state index contributed by atoms with van der Waals surface area (Å²) in [5.41, 5.74) is 0. The van der Waals surface area contributed by atoms with Crippen LogP contribution in [0.3, 0.4) is 0 Å². The van der Waals surface area contributed by atoms with E-state index in [0.29, 0.717) is 25.7 Å². The molecule has 0 aromatic carbocycles. The van der Waals surface area contributed by atoms with Crippen LogP contribution < -0.4 is 0 Å². The smallest absolute Gasteiger partial charge is 0.462 e. The minimum absolute atomic E-state index is 0.105. The van der Waals surface area contributed by atoms with Gasteiger partial charge in [0.15, 0.2) is 12.2 Å². The Hall–Kier alpha value is -1.94. The second kappa shape index (κ2) is 63.5. The van der Waals surface area contributed by atoms with Gasteiger partial charge >= 0.3 is 39.5 Å². The van der Waals surface area contributed by atoms with Gasteiger partial charge in [0, 0.05) is 25.7 Å². The van der Waals surface area contributed by atoms with E-state index in [2.05, 4.69) is 34.6 Å². The average Bonchev–Trinajstić information content (AvgIpc) is 3.52. The highest BCUT2D eigenvalue weighted by atomic mass is 31.2. The van der Waals surface area contributed by atoms with Crippen molar-refractivity contribution in [2.45, 2.75) is 380 Å². The minimum atomic E-state index is -4.95. The lowest BCUT2D eigenvalue weighted by molar-refractivity contribution is -0.161. The molecule has 0 aromatic rings. The number of hydrogen-bond donors (Lipinski definition) is 3. The van der Waals surface area contributed by atoms with Crippen LogP contribution in [0.2, 0.25) is 0 Å². The van der Waals surface area contributed by atoms with Gasteiger partial charge in [0.25, 0.3) is 0 Å². The number of aliphatic hydroxyl groups excluding tert-OH is 1. The van der Waals surface area contributed by atoms with Crippen LogP contribution in [-0.4, -0.2) is 96.7 Å². The molecule has 0 heterocycles. The number of hydrogen-bond acceptors (Lipinski definition) is 15. The molecule has 3 N–H and O–H groups in total. The molecule has 19 heteroatoms. The molecule has 89 heavy (non-hydrogen) atoms. The highest BCUT2D eigenvalue weighted by Gasteiger charge is 2.30. The van der Waals surface area contributed by atoms with Crippen molar-refractivity contribution in [1.29, 1.82) is 0 Å². The van der Waals surface area contributed by atoms with E-state index in [0.717, 1.165) is 109 Å². The van der Waals surface area contributed by atoms with E-state index < -0.39 is 97.5 Å². The summed E-state index contributed by atoms with van der Waals surface area (Å²) in [5.74, 6) is -1.36. The summed E-state index contributed by atoms with van der Waals surface area (Å²) in [7, 11) is -9.89. The first-order valence-electron chi connectivity index (χ1n) is 36.7. The van der Waals surface area contributed by atoms with Gasteiger partial charge < -0.3 is 33.8 Å². The molecule has 0 fully saturated rings. The predicted octanol–water partition coefficient (Wildman–Crippen LogP) is 20.1. The van der Waals surface area contributed by atoms with Crippen LogP contribution in [0.25, 0.3) is 0 Å². The lowest BCUT2D eigenvalue weighted by Gasteiger charge is -2.21. The quantitative estimate of drug-likeness (QED) is 0.0222. The topological polar surface area (TPSA) is 237 Å². The van der Waals surface area contributed by atoms with Crippen molar-refractivity contribution in [3.63, 3.8) is 0 Å². The summed E-state index contributed by atoms with van der Waals surface area (Å²) in [5, 5.41) is 10.6. The molecule has 0 aliphatic rings. The molecule has 17 nitrogen and oxygen atoms in total. The number of phosphoric acid groups is 2. The number of unbranched alkanes of at least 4 members (excludes halogenated alkanes) is 41. The van der Waals surface area contributed by atoms with Crippen LogP contribution in [0.1, 0.15) is 362 Å². The largest absolute Gasteiger partial charge is 0.472 e. The Kier molecular flexibility index (Phi) is 62.1. The van der Waals surface area contributed by atoms with Crippen LogP contribution in [-0.2, 0) is 65.4 Å². The van der Waals surface area contributed by atoms with Crippen LogP contribution in [0, 0.1) is 5.92 Å². The van der Waals surface area contributed by atoms with E-state index >= 15 is 0 Å². The standard InChI is InChI=1S/C70H136O17P2/c1-6-10-13-16-19-21-23-25-27-28-30-32-34-40-45-50-55-69(74)86-66(60-81-68(73)54-49-44-39-33-31-29-26-24-22-20-17-14-11-7-2)62-85-89(78,79)83-58-64(71)57-82-88(76,77)84-61-65(59-80-67(72)53-48-43-37-18-15-12-8-3)87-70(75)56-51-46-41-36-35-38-42-47-52-63(5)9-4/h63-66,71H,6-62H2,1-5H3,(H,76,77)(H,78,79)/t63?,64-,65+,66+/m0/s1. The van der Waals surface area contributed by atoms with Crippen LogP contribution in [0.5, 0.6) is 0 Å². The molecule has 0 saturated carbocycles. The Morgan fingerprint density at radius 2 is 0.539 bits per heavy atom. The first-order valence-corrected chi connectivity index (χ1v) is 39.7. The number of rotatable bonds is 70. The third-order valence-corrected chi connectivity index (χ3v) is 18.5. The molecule has 0 aliphatic carbocycles. The number of phosphoric ester groups is 2. The maximum atomic E-state index is 13.0. The molecular formula is C70H136O17P2. The SMILES string of the molecule is CCCCCCCCCCCCCCCCCCC(=O)O[C@H](COC(=O)CCCCCCCCCCCCCCCC)COP(=O)(O)OC[C@@H](O)COP(=O)(O)OC[C@@H](COC(=O)CCCCCCCCC)OC(=O)CCCCCCCCCCC(C)CC. The Labute approximate surface area is 543 Å².